The number of anilines is 1. The van der Waals surface area contributed by atoms with Crippen molar-refractivity contribution >= 4 is 11.7 Å². The van der Waals surface area contributed by atoms with Crippen LogP contribution < -0.4 is 5.32 Å². The van der Waals surface area contributed by atoms with Crippen LogP contribution in [0.1, 0.15) is 35.7 Å². The molecule has 3 nitrogen and oxygen atoms in total. The fourth-order valence-electron chi connectivity index (χ4n) is 1.61. The molecule has 0 radical (unpaired) electrons. The highest BCUT2D eigenvalue weighted by Crippen LogP contribution is 2.27. The van der Waals surface area contributed by atoms with Gasteiger partial charge in [0, 0.05) is 11.7 Å². The summed E-state index contributed by atoms with van der Waals surface area (Å²) in [5, 5.41) is 3.35. The van der Waals surface area contributed by atoms with Crippen molar-refractivity contribution in [3.05, 3.63) is 29.3 Å². The van der Waals surface area contributed by atoms with E-state index in [4.69, 9.17) is 4.74 Å². The summed E-state index contributed by atoms with van der Waals surface area (Å²) in [5.41, 5.74) is 2.62. The largest absolute Gasteiger partial charge is 0.462 e. The number of aryl methyl sites for hydroxylation is 1. The Morgan fingerprint density at radius 2 is 2.25 bits per heavy atom. The third-order valence-corrected chi connectivity index (χ3v) is 2.61. The molecule has 0 bridgehead atoms. The van der Waals surface area contributed by atoms with Gasteiger partial charge in [0.05, 0.1) is 12.2 Å². The number of carbonyl (C=O) groups excluding carboxylic acids is 1. The van der Waals surface area contributed by atoms with Gasteiger partial charge in [-0.1, -0.05) is 11.6 Å². The van der Waals surface area contributed by atoms with Crippen molar-refractivity contribution < 1.29 is 9.53 Å². The molecule has 0 heterocycles. The van der Waals surface area contributed by atoms with Gasteiger partial charge in [0.25, 0.3) is 0 Å². The molecule has 1 aromatic rings. The van der Waals surface area contributed by atoms with E-state index < -0.39 is 0 Å². The lowest BCUT2D eigenvalue weighted by Gasteiger charge is -2.11. The van der Waals surface area contributed by atoms with Crippen LogP contribution in [0.4, 0.5) is 5.69 Å². The van der Waals surface area contributed by atoms with Gasteiger partial charge in [0.1, 0.15) is 0 Å². The summed E-state index contributed by atoms with van der Waals surface area (Å²) in [6.45, 7) is 4.21. The third-order valence-electron chi connectivity index (χ3n) is 2.61. The first-order valence-corrected chi connectivity index (χ1v) is 5.75. The van der Waals surface area contributed by atoms with Crippen molar-refractivity contribution in [2.75, 3.05) is 11.9 Å². The predicted octanol–water partition coefficient (Wildman–Crippen LogP) is 2.75. The lowest BCUT2D eigenvalue weighted by Crippen LogP contribution is -2.11. The van der Waals surface area contributed by atoms with Crippen LogP contribution in [0.15, 0.2) is 18.2 Å². The van der Waals surface area contributed by atoms with E-state index in [1.54, 1.807) is 0 Å². The highest BCUT2D eigenvalue weighted by molar-refractivity contribution is 5.96. The van der Waals surface area contributed by atoms with Crippen molar-refractivity contribution in [2.24, 2.45) is 0 Å². The average Bonchev–Trinajstić information content (AvgIpc) is 3.05. The standard InChI is InChI=1S/C13H17NO2/c1-3-16-13(15)11-8-9(2)4-7-12(11)14-10-5-6-10/h4,7-8,10,14H,3,5-6H2,1-2H3. The summed E-state index contributed by atoms with van der Waals surface area (Å²) in [7, 11) is 0. The number of benzene rings is 1. The van der Waals surface area contributed by atoms with Crippen LogP contribution >= 0.6 is 0 Å². The first kappa shape index (κ1) is 11.0. The fraction of sp³-hybridized carbons (Fsp3) is 0.462. The van der Waals surface area contributed by atoms with E-state index in [2.05, 4.69) is 5.32 Å². The van der Waals surface area contributed by atoms with Gasteiger partial charge >= 0.3 is 5.97 Å². The van der Waals surface area contributed by atoms with Crippen molar-refractivity contribution in [3.8, 4) is 0 Å². The summed E-state index contributed by atoms with van der Waals surface area (Å²) < 4.78 is 5.05. The van der Waals surface area contributed by atoms with E-state index in [9.17, 15) is 4.79 Å². The summed E-state index contributed by atoms with van der Waals surface area (Å²) in [5.74, 6) is -0.241. The first-order chi connectivity index (χ1) is 7.70. The maximum absolute atomic E-state index is 11.8. The Labute approximate surface area is 95.8 Å². The molecule has 1 aliphatic carbocycles. The lowest BCUT2D eigenvalue weighted by atomic mass is 10.1. The Bertz CT molecular complexity index is 397. The number of rotatable bonds is 4. The molecule has 16 heavy (non-hydrogen) atoms. The van der Waals surface area contributed by atoms with Gasteiger partial charge in [-0.3, -0.25) is 0 Å². The second-order valence-electron chi connectivity index (χ2n) is 4.19. The van der Waals surface area contributed by atoms with E-state index in [-0.39, 0.29) is 5.97 Å². The van der Waals surface area contributed by atoms with Gasteiger partial charge in [0.2, 0.25) is 0 Å². The number of hydrogen-bond acceptors (Lipinski definition) is 3. The molecule has 0 amide bonds. The molecule has 1 N–H and O–H groups in total. The molecule has 0 spiro atoms. The van der Waals surface area contributed by atoms with Crippen LogP contribution in [-0.4, -0.2) is 18.6 Å². The molecule has 86 valence electrons. The molecule has 0 aliphatic heterocycles. The molecule has 0 unspecified atom stereocenters. The topological polar surface area (TPSA) is 38.3 Å². The molecule has 1 fully saturated rings. The zero-order valence-corrected chi connectivity index (χ0v) is 9.75. The van der Waals surface area contributed by atoms with Crippen molar-refractivity contribution in [3.63, 3.8) is 0 Å². The average molecular weight is 219 g/mol. The molecule has 1 saturated carbocycles. The monoisotopic (exact) mass is 219 g/mol. The Balaban J connectivity index is 2.23. The van der Waals surface area contributed by atoms with Crippen molar-refractivity contribution in [2.45, 2.75) is 32.7 Å². The van der Waals surface area contributed by atoms with E-state index in [1.807, 2.05) is 32.0 Å². The molecule has 3 heteroatoms. The van der Waals surface area contributed by atoms with E-state index in [1.165, 1.54) is 12.8 Å². The number of nitrogens with one attached hydrogen (secondary N) is 1. The van der Waals surface area contributed by atoms with Crippen LogP contribution in [0.3, 0.4) is 0 Å². The Morgan fingerprint density at radius 3 is 2.88 bits per heavy atom. The van der Waals surface area contributed by atoms with Crippen LogP contribution in [-0.2, 0) is 4.74 Å². The number of carbonyl (C=O) groups is 1. The Hall–Kier alpha value is -1.51. The summed E-state index contributed by atoms with van der Waals surface area (Å²) in [4.78, 5) is 11.8. The Kier molecular flexibility index (Phi) is 3.13. The van der Waals surface area contributed by atoms with Gasteiger partial charge in [-0.15, -0.1) is 0 Å². The second-order valence-corrected chi connectivity index (χ2v) is 4.19. The van der Waals surface area contributed by atoms with Crippen LogP contribution in [0.5, 0.6) is 0 Å². The summed E-state index contributed by atoms with van der Waals surface area (Å²) >= 11 is 0. The van der Waals surface area contributed by atoms with E-state index in [0.29, 0.717) is 18.2 Å². The number of hydrogen-bond donors (Lipinski definition) is 1. The zero-order chi connectivity index (χ0) is 11.5. The molecule has 1 aliphatic rings. The SMILES string of the molecule is CCOC(=O)c1cc(C)ccc1NC1CC1. The molecular formula is C13H17NO2. The molecule has 2 rings (SSSR count). The highest BCUT2D eigenvalue weighted by atomic mass is 16.5. The third kappa shape index (κ3) is 2.54. The molecule has 1 aromatic carbocycles. The molecule has 0 atom stereocenters. The summed E-state index contributed by atoms with van der Waals surface area (Å²) in [6.07, 6.45) is 2.38. The maximum atomic E-state index is 11.8. The van der Waals surface area contributed by atoms with Gasteiger partial charge in [-0.2, -0.15) is 0 Å². The van der Waals surface area contributed by atoms with Gasteiger partial charge < -0.3 is 10.1 Å². The van der Waals surface area contributed by atoms with Gasteiger partial charge in [-0.05, 0) is 38.8 Å². The van der Waals surface area contributed by atoms with Crippen molar-refractivity contribution in [1.82, 2.24) is 0 Å². The minimum atomic E-state index is -0.241. The van der Waals surface area contributed by atoms with Crippen LogP contribution in [0.2, 0.25) is 0 Å². The van der Waals surface area contributed by atoms with Gasteiger partial charge in [0.15, 0.2) is 0 Å². The normalized spacial score (nSPS) is 14.6. The smallest absolute Gasteiger partial charge is 0.340 e. The predicted molar refractivity (Wildman–Crippen MR) is 63.8 cm³/mol. The van der Waals surface area contributed by atoms with Crippen molar-refractivity contribution in [1.29, 1.82) is 0 Å². The maximum Gasteiger partial charge on any atom is 0.340 e. The minimum absolute atomic E-state index is 0.241. The zero-order valence-electron chi connectivity index (χ0n) is 9.75. The lowest BCUT2D eigenvalue weighted by molar-refractivity contribution is 0.0527. The fourth-order valence-corrected chi connectivity index (χ4v) is 1.61. The minimum Gasteiger partial charge on any atom is -0.462 e. The molecule has 0 saturated heterocycles. The van der Waals surface area contributed by atoms with E-state index >= 15 is 0 Å². The number of esters is 1. The Morgan fingerprint density at radius 1 is 1.50 bits per heavy atom. The van der Waals surface area contributed by atoms with Gasteiger partial charge in [-0.25, -0.2) is 4.79 Å². The highest BCUT2D eigenvalue weighted by Gasteiger charge is 2.23. The van der Waals surface area contributed by atoms with Crippen LogP contribution in [0, 0.1) is 6.92 Å². The number of ether oxygens (including phenoxy) is 1. The first-order valence-electron chi connectivity index (χ1n) is 5.75. The molecular weight excluding hydrogens is 202 g/mol. The second kappa shape index (κ2) is 4.56. The summed E-state index contributed by atoms with van der Waals surface area (Å²) in [6, 6.07) is 6.38. The van der Waals surface area contributed by atoms with Crippen LogP contribution in [0.25, 0.3) is 0 Å². The van der Waals surface area contributed by atoms with E-state index in [0.717, 1.165) is 11.3 Å². The molecule has 0 aromatic heterocycles. The quantitative estimate of drug-likeness (QED) is 0.791.